The molecular weight excluding hydrogens is 677 g/mol. The number of fused-ring (bicyclic) bond motifs is 4. The largest absolute Gasteiger partial charge is 0.507 e. The molecule has 0 spiro atoms. The van der Waals surface area contributed by atoms with Crippen LogP contribution in [0.4, 0.5) is 5.69 Å². The summed E-state index contributed by atoms with van der Waals surface area (Å²) in [5.41, 5.74) is 5.72. The Bertz CT molecular complexity index is 2040. The van der Waals surface area contributed by atoms with E-state index in [2.05, 4.69) is 33.8 Å². The molecule has 0 atom stereocenters. The number of nitrogens with zero attached hydrogens (tertiary/aromatic N) is 3. The molecule has 0 bridgehead atoms. The number of hydrogen-bond donors (Lipinski definition) is 2. The Morgan fingerprint density at radius 2 is 1.38 bits per heavy atom. The summed E-state index contributed by atoms with van der Waals surface area (Å²) in [4.78, 5) is 9.54. The minimum atomic E-state index is 0. The molecule has 0 amide bonds. The molecule has 196 valence electrons. The molecule has 0 fully saturated rings. The van der Waals surface area contributed by atoms with Gasteiger partial charge in [0.15, 0.2) is 0 Å². The molecule has 0 aliphatic rings. The second-order valence-corrected chi connectivity index (χ2v) is 9.40. The number of hydrogen-bond acceptors (Lipinski definition) is 4. The normalized spacial score (nSPS) is 11.4. The van der Waals surface area contributed by atoms with E-state index < -0.39 is 0 Å². The second kappa shape index (κ2) is 10.4. The third kappa shape index (κ3) is 4.25. The molecule has 5 nitrogen and oxygen atoms in total. The van der Waals surface area contributed by atoms with Crippen LogP contribution in [0.25, 0.3) is 49.5 Å². The molecular formula is C34H23N3O2Pt. The number of benzene rings is 5. The van der Waals surface area contributed by atoms with E-state index in [1.165, 1.54) is 0 Å². The zero-order valence-corrected chi connectivity index (χ0v) is 23.4. The molecule has 0 radical (unpaired) electrons. The van der Waals surface area contributed by atoms with Crippen molar-refractivity contribution in [3.05, 3.63) is 127 Å². The van der Waals surface area contributed by atoms with Crippen molar-refractivity contribution in [3.8, 4) is 28.4 Å². The molecule has 0 aliphatic carbocycles. The van der Waals surface area contributed by atoms with Crippen LogP contribution in [0.1, 0.15) is 5.69 Å². The average Bonchev–Trinajstić information content (AvgIpc) is 3.31. The Morgan fingerprint density at radius 1 is 0.625 bits per heavy atom. The van der Waals surface area contributed by atoms with Crippen LogP contribution in [0.15, 0.2) is 126 Å². The fraction of sp³-hybridized carbons (Fsp3) is 0. The Balaban J connectivity index is 0.00000289. The predicted molar refractivity (Wildman–Crippen MR) is 159 cm³/mol. The smallest absolute Gasteiger partial charge is 0.125 e. The van der Waals surface area contributed by atoms with Gasteiger partial charge in [-0.25, -0.2) is 4.98 Å². The standard InChI is InChI=1S/C34H23N3O2.Pt/c38-30-18-7-10-22-9-6-15-26(32(22)30)35-21-23-11-8-16-27(36-23)34-31(39)20-19-29-33(34)25-14-4-5-17-28(25)37(29)24-12-2-1-3-13-24;/h1-21,38-39H;. The van der Waals surface area contributed by atoms with E-state index in [9.17, 15) is 10.2 Å². The van der Waals surface area contributed by atoms with Gasteiger partial charge in [0, 0.05) is 42.9 Å². The first kappa shape index (κ1) is 25.5. The summed E-state index contributed by atoms with van der Waals surface area (Å²) in [7, 11) is 0. The summed E-state index contributed by atoms with van der Waals surface area (Å²) in [5.74, 6) is 0.354. The molecule has 0 saturated carbocycles. The number of aromatic hydroxyl groups is 2. The van der Waals surface area contributed by atoms with Gasteiger partial charge in [-0.1, -0.05) is 66.7 Å². The molecule has 40 heavy (non-hydrogen) atoms. The maximum Gasteiger partial charge on any atom is 0.125 e. The number of rotatable bonds is 4. The van der Waals surface area contributed by atoms with Crippen molar-refractivity contribution in [2.45, 2.75) is 0 Å². The molecule has 2 aromatic heterocycles. The van der Waals surface area contributed by atoms with Gasteiger partial charge in [0.1, 0.15) is 11.5 Å². The monoisotopic (exact) mass is 700 g/mol. The summed E-state index contributed by atoms with van der Waals surface area (Å²) < 4.78 is 2.21. The van der Waals surface area contributed by atoms with Crippen LogP contribution in [-0.2, 0) is 21.1 Å². The zero-order chi connectivity index (χ0) is 26.3. The van der Waals surface area contributed by atoms with E-state index in [0.717, 1.165) is 32.9 Å². The van der Waals surface area contributed by atoms with Gasteiger partial charge in [-0.05, 0) is 60.0 Å². The molecule has 7 aromatic rings. The quantitative estimate of drug-likeness (QED) is 0.182. The van der Waals surface area contributed by atoms with Crippen molar-refractivity contribution in [2.24, 2.45) is 4.99 Å². The third-order valence-corrected chi connectivity index (χ3v) is 7.05. The van der Waals surface area contributed by atoms with Crippen molar-refractivity contribution in [2.75, 3.05) is 0 Å². The summed E-state index contributed by atoms with van der Waals surface area (Å²) in [6, 6.07) is 39.0. The Hall–Kier alpha value is -4.73. The predicted octanol–water partition coefficient (Wildman–Crippen LogP) is 8.16. The fourth-order valence-electron chi connectivity index (χ4n) is 5.37. The minimum Gasteiger partial charge on any atom is -0.507 e. The molecule has 2 N–H and O–H groups in total. The Labute approximate surface area is 245 Å². The summed E-state index contributed by atoms with van der Waals surface area (Å²) in [5, 5.41) is 25.2. The first-order chi connectivity index (χ1) is 19.2. The van der Waals surface area contributed by atoms with Crippen LogP contribution in [0.2, 0.25) is 0 Å². The van der Waals surface area contributed by atoms with Crippen LogP contribution in [-0.4, -0.2) is 26.0 Å². The summed E-state index contributed by atoms with van der Waals surface area (Å²) in [6.07, 6.45) is 1.69. The van der Waals surface area contributed by atoms with Crippen LogP contribution in [0.5, 0.6) is 11.5 Å². The van der Waals surface area contributed by atoms with E-state index in [4.69, 9.17) is 4.98 Å². The van der Waals surface area contributed by atoms with Crippen molar-refractivity contribution in [3.63, 3.8) is 0 Å². The topological polar surface area (TPSA) is 70.6 Å². The first-order valence-electron chi connectivity index (χ1n) is 12.7. The van der Waals surface area contributed by atoms with Crippen molar-refractivity contribution >= 4 is 44.5 Å². The SMILES string of the molecule is Oc1ccc2c(c1-c1cccc(C=Nc3cccc4cccc(O)c34)n1)c1ccccc1n2-c1ccccc1.[Pt]. The maximum atomic E-state index is 11.1. The van der Waals surface area contributed by atoms with Crippen molar-refractivity contribution in [1.29, 1.82) is 0 Å². The van der Waals surface area contributed by atoms with Crippen LogP contribution < -0.4 is 0 Å². The summed E-state index contributed by atoms with van der Waals surface area (Å²) in [6.45, 7) is 0. The van der Waals surface area contributed by atoms with Gasteiger partial charge < -0.3 is 14.8 Å². The Morgan fingerprint density at radius 3 is 2.23 bits per heavy atom. The van der Waals surface area contributed by atoms with Gasteiger partial charge in [-0.3, -0.25) is 4.99 Å². The van der Waals surface area contributed by atoms with E-state index in [0.29, 0.717) is 28.0 Å². The number of para-hydroxylation sites is 2. The van der Waals surface area contributed by atoms with Gasteiger partial charge in [-0.2, -0.15) is 0 Å². The van der Waals surface area contributed by atoms with Crippen molar-refractivity contribution < 1.29 is 31.3 Å². The first-order valence-corrected chi connectivity index (χ1v) is 12.7. The van der Waals surface area contributed by atoms with Crippen LogP contribution >= 0.6 is 0 Å². The molecule has 0 aliphatic heterocycles. The molecule has 2 heterocycles. The van der Waals surface area contributed by atoms with E-state index in [1.54, 1.807) is 18.3 Å². The van der Waals surface area contributed by atoms with Gasteiger partial charge in [-0.15, -0.1) is 0 Å². The third-order valence-electron chi connectivity index (χ3n) is 7.05. The van der Waals surface area contributed by atoms with Crippen LogP contribution in [0.3, 0.4) is 0 Å². The number of aliphatic imine (C=N–C) groups is 1. The van der Waals surface area contributed by atoms with Gasteiger partial charge in [0.25, 0.3) is 0 Å². The maximum absolute atomic E-state index is 11.1. The molecule has 6 heteroatoms. The Kier molecular flexibility index (Phi) is 6.67. The number of phenolic OH excluding ortho intramolecular Hbond substituents is 2. The second-order valence-electron chi connectivity index (χ2n) is 9.40. The number of aromatic nitrogens is 2. The van der Waals surface area contributed by atoms with Gasteiger partial charge >= 0.3 is 0 Å². The summed E-state index contributed by atoms with van der Waals surface area (Å²) >= 11 is 0. The number of phenols is 2. The molecule has 0 unspecified atom stereocenters. The van der Waals surface area contributed by atoms with Gasteiger partial charge in [0.05, 0.1) is 39.9 Å². The average molecular weight is 701 g/mol. The molecule has 5 aromatic carbocycles. The van der Waals surface area contributed by atoms with Crippen LogP contribution in [0, 0.1) is 0 Å². The molecule has 7 rings (SSSR count). The van der Waals surface area contributed by atoms with E-state index >= 15 is 0 Å². The molecule has 0 saturated heterocycles. The van der Waals surface area contributed by atoms with Crippen molar-refractivity contribution in [1.82, 2.24) is 9.55 Å². The van der Waals surface area contributed by atoms with E-state index in [1.807, 2.05) is 84.9 Å². The van der Waals surface area contributed by atoms with Gasteiger partial charge in [0.2, 0.25) is 0 Å². The fourth-order valence-corrected chi connectivity index (χ4v) is 5.37. The zero-order valence-electron chi connectivity index (χ0n) is 21.2. The van der Waals surface area contributed by atoms with E-state index in [-0.39, 0.29) is 32.6 Å². The minimum absolute atomic E-state index is 0. The number of pyridine rings is 1.